The third-order valence-corrected chi connectivity index (χ3v) is 4.39. The first-order valence-electron chi connectivity index (χ1n) is 6.92. The zero-order valence-corrected chi connectivity index (χ0v) is 12.5. The Morgan fingerprint density at radius 3 is 2.68 bits per heavy atom. The number of rotatable bonds is 4. The van der Waals surface area contributed by atoms with Crippen molar-refractivity contribution in [2.45, 2.75) is 30.7 Å². The van der Waals surface area contributed by atoms with E-state index in [0.29, 0.717) is 6.04 Å². The average Bonchev–Trinajstić information content (AvgIpc) is 2.49. The number of carbonyl (C=O) groups is 1. The standard InChI is InChI=1S/C15H22N2OS/c1-3-17(13-5-4-10-16-11-13)15(18)12-6-8-14(19-2)9-7-12/h6-9,13,16H,3-5,10-11H2,1-2H3. The number of thioether (sulfide) groups is 1. The molecule has 1 aliphatic rings. The van der Waals surface area contributed by atoms with E-state index >= 15 is 0 Å². The molecule has 0 aromatic heterocycles. The molecule has 1 aromatic carbocycles. The summed E-state index contributed by atoms with van der Waals surface area (Å²) in [6.07, 6.45) is 4.30. The van der Waals surface area contributed by atoms with Crippen LogP contribution in [0, 0.1) is 0 Å². The van der Waals surface area contributed by atoms with Gasteiger partial charge in [0.1, 0.15) is 0 Å². The minimum absolute atomic E-state index is 0.156. The molecule has 1 fully saturated rings. The SMILES string of the molecule is CCN(C(=O)c1ccc(SC)cc1)C1CCCNC1. The molecule has 0 aliphatic carbocycles. The van der Waals surface area contributed by atoms with Crippen LogP contribution in [0.1, 0.15) is 30.1 Å². The Morgan fingerprint density at radius 2 is 2.16 bits per heavy atom. The zero-order chi connectivity index (χ0) is 13.7. The molecular weight excluding hydrogens is 256 g/mol. The molecule has 1 amide bonds. The Morgan fingerprint density at radius 1 is 1.42 bits per heavy atom. The maximum atomic E-state index is 12.6. The first-order chi connectivity index (χ1) is 9.26. The van der Waals surface area contributed by atoms with Crippen molar-refractivity contribution in [3.8, 4) is 0 Å². The van der Waals surface area contributed by atoms with Crippen LogP contribution < -0.4 is 5.32 Å². The molecule has 104 valence electrons. The second kappa shape index (κ2) is 6.96. The summed E-state index contributed by atoms with van der Waals surface area (Å²) < 4.78 is 0. The number of benzene rings is 1. The second-order valence-electron chi connectivity index (χ2n) is 4.82. The van der Waals surface area contributed by atoms with E-state index in [1.807, 2.05) is 35.4 Å². The molecule has 1 saturated heterocycles. The molecule has 1 unspecified atom stereocenters. The van der Waals surface area contributed by atoms with E-state index in [1.54, 1.807) is 11.8 Å². The number of hydrogen-bond donors (Lipinski definition) is 1. The Kier molecular flexibility index (Phi) is 5.28. The van der Waals surface area contributed by atoms with Gasteiger partial charge in [-0.2, -0.15) is 0 Å². The minimum atomic E-state index is 0.156. The van der Waals surface area contributed by atoms with Gasteiger partial charge >= 0.3 is 0 Å². The molecule has 0 radical (unpaired) electrons. The van der Waals surface area contributed by atoms with Crippen LogP contribution in [-0.2, 0) is 0 Å². The molecule has 1 aliphatic heterocycles. The number of hydrogen-bond acceptors (Lipinski definition) is 3. The molecule has 1 heterocycles. The van der Waals surface area contributed by atoms with E-state index in [-0.39, 0.29) is 5.91 Å². The predicted octanol–water partition coefficient (Wildman–Crippen LogP) is 2.62. The first kappa shape index (κ1) is 14.4. The highest BCUT2D eigenvalue weighted by Crippen LogP contribution is 2.18. The van der Waals surface area contributed by atoms with Gasteiger partial charge in [-0.05, 0) is 56.8 Å². The number of nitrogens with one attached hydrogen (secondary N) is 1. The average molecular weight is 278 g/mol. The third kappa shape index (κ3) is 3.51. The van der Waals surface area contributed by atoms with Crippen molar-refractivity contribution in [3.63, 3.8) is 0 Å². The number of likely N-dealkylation sites (N-methyl/N-ethyl adjacent to an activating group) is 1. The van der Waals surface area contributed by atoms with Crippen molar-refractivity contribution in [2.24, 2.45) is 0 Å². The number of carbonyl (C=O) groups excluding carboxylic acids is 1. The lowest BCUT2D eigenvalue weighted by Crippen LogP contribution is -2.48. The van der Waals surface area contributed by atoms with Crippen LogP contribution >= 0.6 is 11.8 Å². The van der Waals surface area contributed by atoms with Crippen LogP contribution in [-0.4, -0.2) is 42.7 Å². The second-order valence-corrected chi connectivity index (χ2v) is 5.70. The minimum Gasteiger partial charge on any atom is -0.335 e. The van der Waals surface area contributed by atoms with Gasteiger partial charge < -0.3 is 10.2 Å². The smallest absolute Gasteiger partial charge is 0.254 e. The third-order valence-electron chi connectivity index (χ3n) is 3.65. The zero-order valence-electron chi connectivity index (χ0n) is 11.7. The summed E-state index contributed by atoms with van der Waals surface area (Å²) in [5.74, 6) is 0.156. The highest BCUT2D eigenvalue weighted by atomic mass is 32.2. The molecule has 0 saturated carbocycles. The van der Waals surface area contributed by atoms with E-state index in [0.717, 1.165) is 38.0 Å². The molecule has 1 aromatic rings. The molecule has 1 atom stereocenters. The fourth-order valence-corrected chi connectivity index (χ4v) is 2.97. The topological polar surface area (TPSA) is 32.3 Å². The lowest BCUT2D eigenvalue weighted by atomic mass is 10.0. The lowest BCUT2D eigenvalue weighted by molar-refractivity contribution is 0.0662. The Hall–Kier alpha value is -1.00. The summed E-state index contributed by atoms with van der Waals surface area (Å²) in [7, 11) is 0. The molecular formula is C15H22N2OS. The molecule has 4 heteroatoms. The summed E-state index contributed by atoms with van der Waals surface area (Å²) in [4.78, 5) is 15.8. The van der Waals surface area contributed by atoms with E-state index in [2.05, 4.69) is 12.2 Å². The summed E-state index contributed by atoms with van der Waals surface area (Å²) in [5, 5.41) is 3.38. The highest BCUT2D eigenvalue weighted by Gasteiger charge is 2.24. The Balaban J connectivity index is 2.10. The first-order valence-corrected chi connectivity index (χ1v) is 8.14. The summed E-state index contributed by atoms with van der Waals surface area (Å²) in [5.41, 5.74) is 0.797. The van der Waals surface area contributed by atoms with E-state index in [1.165, 1.54) is 4.90 Å². The number of nitrogens with zero attached hydrogens (tertiary/aromatic N) is 1. The normalized spacial score (nSPS) is 19.2. The predicted molar refractivity (Wildman–Crippen MR) is 80.8 cm³/mol. The van der Waals surface area contributed by atoms with Gasteiger partial charge in [-0.1, -0.05) is 0 Å². The number of amides is 1. The van der Waals surface area contributed by atoms with Crippen molar-refractivity contribution < 1.29 is 4.79 Å². The van der Waals surface area contributed by atoms with Crippen molar-refractivity contribution >= 4 is 17.7 Å². The molecule has 1 N–H and O–H groups in total. The van der Waals surface area contributed by atoms with Gasteiger partial charge in [-0.15, -0.1) is 11.8 Å². The van der Waals surface area contributed by atoms with Gasteiger partial charge in [0.05, 0.1) is 0 Å². The molecule has 3 nitrogen and oxygen atoms in total. The van der Waals surface area contributed by atoms with Gasteiger partial charge in [-0.25, -0.2) is 0 Å². The van der Waals surface area contributed by atoms with Crippen molar-refractivity contribution in [3.05, 3.63) is 29.8 Å². The van der Waals surface area contributed by atoms with E-state index in [9.17, 15) is 4.79 Å². The van der Waals surface area contributed by atoms with Gasteiger partial charge in [0.15, 0.2) is 0 Å². The van der Waals surface area contributed by atoms with Crippen LogP contribution in [0.25, 0.3) is 0 Å². The van der Waals surface area contributed by atoms with Crippen LogP contribution in [0.3, 0.4) is 0 Å². The Labute approximate surface area is 119 Å². The molecule has 0 spiro atoms. The van der Waals surface area contributed by atoms with E-state index in [4.69, 9.17) is 0 Å². The maximum absolute atomic E-state index is 12.6. The van der Waals surface area contributed by atoms with Gasteiger partial charge in [0, 0.05) is 29.6 Å². The summed E-state index contributed by atoms with van der Waals surface area (Å²) >= 11 is 1.70. The summed E-state index contributed by atoms with van der Waals surface area (Å²) in [6.45, 7) is 4.82. The summed E-state index contributed by atoms with van der Waals surface area (Å²) in [6, 6.07) is 8.25. The number of piperidine rings is 1. The van der Waals surface area contributed by atoms with Crippen LogP contribution in [0.2, 0.25) is 0 Å². The quantitative estimate of drug-likeness (QED) is 0.859. The fraction of sp³-hybridized carbons (Fsp3) is 0.533. The highest BCUT2D eigenvalue weighted by molar-refractivity contribution is 7.98. The van der Waals surface area contributed by atoms with Crippen LogP contribution in [0.15, 0.2) is 29.2 Å². The molecule has 19 heavy (non-hydrogen) atoms. The van der Waals surface area contributed by atoms with Gasteiger partial charge in [0.25, 0.3) is 5.91 Å². The van der Waals surface area contributed by atoms with Gasteiger partial charge in [0.2, 0.25) is 0 Å². The van der Waals surface area contributed by atoms with Crippen molar-refractivity contribution in [1.29, 1.82) is 0 Å². The van der Waals surface area contributed by atoms with Crippen LogP contribution in [0.4, 0.5) is 0 Å². The largest absolute Gasteiger partial charge is 0.335 e. The van der Waals surface area contributed by atoms with Gasteiger partial charge in [-0.3, -0.25) is 4.79 Å². The molecule has 0 bridgehead atoms. The maximum Gasteiger partial charge on any atom is 0.254 e. The van der Waals surface area contributed by atoms with Crippen molar-refractivity contribution in [2.75, 3.05) is 25.9 Å². The Bertz CT molecular complexity index is 413. The lowest BCUT2D eigenvalue weighted by Gasteiger charge is -2.34. The van der Waals surface area contributed by atoms with Crippen LogP contribution in [0.5, 0.6) is 0 Å². The van der Waals surface area contributed by atoms with E-state index < -0.39 is 0 Å². The van der Waals surface area contributed by atoms with Crippen molar-refractivity contribution in [1.82, 2.24) is 10.2 Å². The fourth-order valence-electron chi connectivity index (χ4n) is 2.57. The monoisotopic (exact) mass is 278 g/mol. The molecule has 2 rings (SSSR count).